The molecule has 4 heterocycles. The molecule has 0 saturated carbocycles. The number of rotatable bonds is 15. The van der Waals surface area contributed by atoms with Crippen molar-refractivity contribution in [2.75, 3.05) is 32.7 Å². The molecule has 0 spiro atoms. The lowest BCUT2D eigenvalue weighted by atomic mass is 9.83. The molecule has 3 fully saturated rings. The maximum atomic E-state index is 15.4. The summed E-state index contributed by atoms with van der Waals surface area (Å²) in [6.45, 7) is 1.73. The van der Waals surface area contributed by atoms with Crippen LogP contribution in [0, 0.1) is 11.8 Å². The van der Waals surface area contributed by atoms with Crippen molar-refractivity contribution >= 4 is 63.9 Å². The highest BCUT2D eigenvalue weighted by Gasteiger charge is 2.45. The predicted octanol–water partition coefficient (Wildman–Crippen LogP) is 5.37. The Balaban J connectivity index is 1.11. The summed E-state index contributed by atoms with van der Waals surface area (Å²) in [6.07, 6.45) is 1.35. The number of halogens is 1. The maximum Gasteiger partial charge on any atom is 0.407 e. The molecule has 19 heteroatoms. The van der Waals surface area contributed by atoms with Crippen molar-refractivity contribution in [2.45, 2.75) is 94.3 Å². The Morgan fingerprint density at radius 2 is 1.32 bits per heavy atom. The zero-order chi connectivity index (χ0) is 56.0. The Labute approximate surface area is 469 Å². The van der Waals surface area contributed by atoms with E-state index in [1.807, 2.05) is 42.5 Å². The van der Waals surface area contributed by atoms with E-state index in [9.17, 15) is 4.79 Å². The van der Waals surface area contributed by atoms with Gasteiger partial charge in [-0.05, 0) is 96.4 Å². The summed E-state index contributed by atoms with van der Waals surface area (Å²) in [7, 11) is 0. The number of hydrogen-bond donors (Lipinski definition) is 8. The summed E-state index contributed by atoms with van der Waals surface area (Å²) in [6, 6.07) is 33.1. The van der Waals surface area contributed by atoms with Crippen LogP contribution in [0.25, 0.3) is 10.9 Å². The zero-order valence-corrected chi connectivity index (χ0v) is 45.1. The van der Waals surface area contributed by atoms with Gasteiger partial charge in [0.15, 0.2) is 5.78 Å². The Morgan fingerprint density at radius 3 is 2.06 bits per heavy atom. The van der Waals surface area contributed by atoms with Crippen molar-refractivity contribution in [1.82, 2.24) is 41.8 Å². The normalized spacial score (nSPS) is 22.7. The van der Waals surface area contributed by atoms with Gasteiger partial charge in [0, 0.05) is 73.2 Å². The van der Waals surface area contributed by atoms with Gasteiger partial charge in [0.1, 0.15) is 42.6 Å². The third-order valence-electron chi connectivity index (χ3n) is 15.1. The molecule has 1 aromatic heterocycles. The number of carbonyl (C=O) groups is 7. The van der Waals surface area contributed by atoms with Crippen LogP contribution in [0.1, 0.15) is 66.0 Å². The van der Waals surface area contributed by atoms with Crippen LogP contribution in [0.4, 0.5) is 4.79 Å². The van der Waals surface area contributed by atoms with E-state index in [0.717, 1.165) is 48.0 Å². The van der Waals surface area contributed by atoms with Gasteiger partial charge >= 0.3 is 6.09 Å². The van der Waals surface area contributed by atoms with E-state index in [0.29, 0.717) is 33.9 Å². The average Bonchev–Trinajstić information content (AvgIpc) is 4.10. The minimum Gasteiger partial charge on any atom is -0.489 e. The lowest BCUT2D eigenvalue weighted by molar-refractivity contribution is -0.143. The highest BCUT2D eigenvalue weighted by atomic mass is 35.5. The summed E-state index contributed by atoms with van der Waals surface area (Å²) < 4.78 is 11.8. The SMILES string of the molecule is NCCNC(=O)O[C@@H]1C[C@H]2C(=O)N[C@@H](c3ccccc3)C(=O)N[C@H](Cc3c[nH]c4ccccc34)C(=O)C[C@@H](CC3CCNCC3)C(=O)N[C@@H](Cc3ccc(OCc4ccc(Cl)cc4)cc3)C(=O)N[C@@H](Cc3ccccc3)C(=O)N2C1. The molecule has 6 aromatic rings. The lowest BCUT2D eigenvalue weighted by Crippen LogP contribution is -2.59. The number of carbonyl (C=O) groups excluding carboxylic acids is 7. The zero-order valence-electron chi connectivity index (χ0n) is 44.4. The van der Waals surface area contributed by atoms with Crippen molar-refractivity contribution in [1.29, 1.82) is 0 Å². The van der Waals surface area contributed by atoms with Gasteiger partial charge in [-0.2, -0.15) is 0 Å². The van der Waals surface area contributed by atoms with Gasteiger partial charge < -0.3 is 57.0 Å². The molecule has 80 heavy (non-hydrogen) atoms. The van der Waals surface area contributed by atoms with E-state index in [1.165, 1.54) is 4.90 Å². The van der Waals surface area contributed by atoms with Crippen LogP contribution in [0.15, 0.2) is 140 Å². The molecular formula is C61H68ClN9O9. The van der Waals surface area contributed by atoms with Crippen LogP contribution in [0.2, 0.25) is 5.02 Å². The first kappa shape index (κ1) is 56.7. The second-order valence-corrected chi connectivity index (χ2v) is 21.3. The summed E-state index contributed by atoms with van der Waals surface area (Å²) in [5.74, 6) is -4.08. The number of nitrogens with zero attached hydrogens (tertiary/aromatic N) is 1. The molecular weight excluding hydrogens is 1040 g/mol. The van der Waals surface area contributed by atoms with Crippen molar-refractivity contribution in [3.8, 4) is 5.75 Å². The van der Waals surface area contributed by atoms with Crippen LogP contribution in [0.3, 0.4) is 0 Å². The fourth-order valence-electron chi connectivity index (χ4n) is 10.9. The van der Waals surface area contributed by atoms with Gasteiger partial charge in [0.2, 0.25) is 29.5 Å². The monoisotopic (exact) mass is 1110 g/mol. The Kier molecular flexibility index (Phi) is 19.3. The smallest absolute Gasteiger partial charge is 0.407 e. The Morgan fingerprint density at radius 1 is 0.675 bits per heavy atom. The Bertz CT molecular complexity index is 3100. The van der Waals surface area contributed by atoms with Crippen molar-refractivity contribution < 1.29 is 43.0 Å². The predicted molar refractivity (Wildman–Crippen MR) is 302 cm³/mol. The molecule has 0 aliphatic carbocycles. The molecule has 0 bridgehead atoms. The highest BCUT2D eigenvalue weighted by molar-refractivity contribution is 6.30. The molecule has 9 N–H and O–H groups in total. The van der Waals surface area contributed by atoms with Gasteiger partial charge in [-0.25, -0.2) is 4.79 Å². The third-order valence-corrected chi connectivity index (χ3v) is 15.4. The summed E-state index contributed by atoms with van der Waals surface area (Å²) >= 11 is 6.10. The standard InChI is InChI=1S/C61H68ClN9O9/c62-45-19-15-41(16-20-45)37-79-46-21-17-39(18-22-46)30-51-57(74)69-52(31-38-9-3-1-4-10-38)60(77)71-36-47(80-61(78)65-28-25-63)34-53(71)58(75)70-55(42-11-5-2-6-12-42)59(76)67-50(32-44-35-66-49-14-8-7-13-48(44)49)54(72)33-43(56(73)68-51)29-40-23-26-64-27-24-40/h1-22,35,40,43,47,50-53,55,64,66H,23-34,36-37,63H2,(H,65,78)(H,67,76)(H,68,73)(H,69,74)(H,70,75)/t43-,47-,50-,51+,52+,53+,55+/m1/s1. The van der Waals surface area contributed by atoms with E-state index >= 15 is 28.8 Å². The summed E-state index contributed by atoms with van der Waals surface area (Å²) in [5, 5.41) is 19.3. The van der Waals surface area contributed by atoms with Gasteiger partial charge in [-0.1, -0.05) is 115 Å². The second-order valence-electron chi connectivity index (χ2n) is 20.8. The number of alkyl carbamates (subject to hydrolysis) is 1. The van der Waals surface area contributed by atoms with E-state index in [4.69, 9.17) is 26.8 Å². The molecule has 0 radical (unpaired) electrons. The molecule has 7 atom stereocenters. The number of para-hydroxylation sites is 1. The molecule has 5 aromatic carbocycles. The number of aromatic amines is 1. The number of ether oxygens (including phenoxy) is 2. The third kappa shape index (κ3) is 15.0. The van der Waals surface area contributed by atoms with Gasteiger partial charge in [0.05, 0.1) is 12.6 Å². The number of amides is 6. The van der Waals surface area contributed by atoms with Crippen LogP contribution >= 0.6 is 11.6 Å². The Hall–Kier alpha value is -8.06. The molecule has 9 rings (SSSR count). The summed E-state index contributed by atoms with van der Waals surface area (Å²) in [5.41, 5.74) is 9.85. The molecule has 3 aliphatic rings. The first-order valence-electron chi connectivity index (χ1n) is 27.4. The quantitative estimate of drug-likeness (QED) is 0.0649. The van der Waals surface area contributed by atoms with Crippen LogP contribution in [-0.4, -0.2) is 114 Å². The molecule has 418 valence electrons. The molecule has 0 unspecified atom stereocenters. The fraction of sp³-hybridized carbons (Fsp3) is 0.361. The number of hydrogen-bond acceptors (Lipinski definition) is 11. The number of aromatic nitrogens is 1. The van der Waals surface area contributed by atoms with Crippen LogP contribution in [0.5, 0.6) is 5.75 Å². The van der Waals surface area contributed by atoms with Gasteiger partial charge in [0.25, 0.3) is 0 Å². The van der Waals surface area contributed by atoms with Gasteiger partial charge in [-0.15, -0.1) is 0 Å². The molecule has 18 nitrogen and oxygen atoms in total. The molecule has 3 saturated heterocycles. The first-order valence-corrected chi connectivity index (χ1v) is 27.7. The van der Waals surface area contributed by atoms with Crippen molar-refractivity contribution in [3.63, 3.8) is 0 Å². The van der Waals surface area contributed by atoms with E-state index in [1.54, 1.807) is 97.2 Å². The minimum atomic E-state index is -1.39. The minimum absolute atomic E-state index is 0.0290. The fourth-order valence-corrected chi connectivity index (χ4v) is 11.0. The number of nitrogens with two attached hydrogens (primary N) is 1. The number of fused-ring (bicyclic) bond motifs is 2. The number of piperidine rings is 1. The first-order chi connectivity index (χ1) is 38.9. The average molecular weight is 1110 g/mol. The van der Waals surface area contributed by atoms with E-state index in [-0.39, 0.29) is 64.3 Å². The summed E-state index contributed by atoms with van der Waals surface area (Å²) in [4.78, 5) is 109. The van der Waals surface area contributed by atoms with E-state index < -0.39 is 83.6 Å². The molecule has 3 aliphatic heterocycles. The number of Topliss-reactive ketones (excluding diaryl/α,β-unsaturated/α-hetero) is 1. The van der Waals surface area contributed by atoms with Crippen LogP contribution in [-0.2, 0) is 59.4 Å². The molecule has 6 amide bonds. The second kappa shape index (κ2) is 27.2. The largest absolute Gasteiger partial charge is 0.489 e. The number of H-pyrrole nitrogens is 1. The number of benzene rings is 5. The maximum absolute atomic E-state index is 15.4. The lowest BCUT2D eigenvalue weighted by Gasteiger charge is -2.32. The highest BCUT2D eigenvalue weighted by Crippen LogP contribution is 2.29. The number of ketones is 1. The van der Waals surface area contributed by atoms with E-state index in [2.05, 4.69) is 36.9 Å². The van der Waals surface area contributed by atoms with Crippen molar-refractivity contribution in [2.24, 2.45) is 17.6 Å². The topological polar surface area (TPSA) is 255 Å². The van der Waals surface area contributed by atoms with Crippen molar-refractivity contribution in [3.05, 3.63) is 172 Å². The van der Waals surface area contributed by atoms with Crippen LogP contribution < -0.4 is 42.4 Å². The number of nitrogens with one attached hydrogen (secondary N) is 7. The van der Waals surface area contributed by atoms with Gasteiger partial charge in [-0.3, -0.25) is 28.8 Å².